The van der Waals surface area contributed by atoms with Crippen LogP contribution in [0, 0.1) is 16.0 Å². The van der Waals surface area contributed by atoms with Gasteiger partial charge in [0.05, 0.1) is 18.1 Å². The van der Waals surface area contributed by atoms with Gasteiger partial charge in [-0.2, -0.15) is 0 Å². The number of para-hydroxylation sites is 1. The fourth-order valence-electron chi connectivity index (χ4n) is 3.28. The summed E-state index contributed by atoms with van der Waals surface area (Å²) in [5.41, 5.74) is 1.39. The van der Waals surface area contributed by atoms with E-state index in [0.717, 1.165) is 5.56 Å². The molecular formula is C23H29N3O5. The van der Waals surface area contributed by atoms with E-state index in [9.17, 15) is 19.7 Å². The summed E-state index contributed by atoms with van der Waals surface area (Å²) < 4.78 is 4.83. The third-order valence-electron chi connectivity index (χ3n) is 4.84. The third-order valence-corrected chi connectivity index (χ3v) is 4.84. The summed E-state index contributed by atoms with van der Waals surface area (Å²) in [6.07, 6.45) is 0.809. The first kappa shape index (κ1) is 24.0. The summed E-state index contributed by atoms with van der Waals surface area (Å²) in [5.74, 6) is -0.686. The molecule has 2 N–H and O–H groups in total. The molecule has 0 aliphatic heterocycles. The Bertz CT molecular complexity index is 886. The zero-order valence-corrected chi connectivity index (χ0v) is 18.0. The largest absolute Gasteiger partial charge is 0.467 e. The molecule has 0 aliphatic rings. The van der Waals surface area contributed by atoms with Gasteiger partial charge in [-0.25, -0.2) is 4.79 Å². The van der Waals surface area contributed by atoms with E-state index in [2.05, 4.69) is 10.6 Å². The highest BCUT2D eigenvalue weighted by atomic mass is 16.6. The van der Waals surface area contributed by atoms with Crippen LogP contribution in [0.25, 0.3) is 0 Å². The molecule has 31 heavy (non-hydrogen) atoms. The van der Waals surface area contributed by atoms with E-state index in [-0.39, 0.29) is 24.1 Å². The van der Waals surface area contributed by atoms with Gasteiger partial charge in [0.1, 0.15) is 6.04 Å². The number of nitro groups is 1. The smallest absolute Gasteiger partial charge is 0.328 e. The number of amides is 1. The van der Waals surface area contributed by atoms with Gasteiger partial charge in [-0.1, -0.05) is 62.4 Å². The Morgan fingerprint density at radius 3 is 2.29 bits per heavy atom. The predicted octanol–water partition coefficient (Wildman–Crippen LogP) is 3.00. The second kappa shape index (κ2) is 11.8. The first-order chi connectivity index (χ1) is 14.8. The van der Waals surface area contributed by atoms with Crippen LogP contribution in [0.2, 0.25) is 0 Å². The Kier molecular flexibility index (Phi) is 9.14. The molecule has 0 fully saturated rings. The highest BCUT2D eigenvalue weighted by molar-refractivity contribution is 5.87. The van der Waals surface area contributed by atoms with Crippen molar-refractivity contribution in [2.45, 2.75) is 45.3 Å². The minimum atomic E-state index is -0.761. The number of rotatable bonds is 11. The van der Waals surface area contributed by atoms with Crippen molar-refractivity contribution in [2.75, 3.05) is 7.11 Å². The standard InChI is InChI=1S/C23H29N3O5/c1-16(2)13-20(23(28)31-3)25-22(27)19(14-17-9-5-4-6-10-17)24-15-18-11-7-8-12-21(18)26(29)30/h4-12,16,19-20,24H,13-15H2,1-3H3,(H,25,27)/t19-,20-/m0/s1. The van der Waals surface area contributed by atoms with Crippen LogP contribution in [0.4, 0.5) is 5.69 Å². The van der Waals surface area contributed by atoms with E-state index >= 15 is 0 Å². The molecule has 8 heteroatoms. The van der Waals surface area contributed by atoms with Gasteiger partial charge >= 0.3 is 5.97 Å². The van der Waals surface area contributed by atoms with Crippen LogP contribution < -0.4 is 10.6 Å². The van der Waals surface area contributed by atoms with E-state index in [1.54, 1.807) is 18.2 Å². The van der Waals surface area contributed by atoms with Crippen molar-refractivity contribution >= 4 is 17.6 Å². The van der Waals surface area contributed by atoms with Crippen molar-refractivity contribution in [1.82, 2.24) is 10.6 Å². The number of ether oxygens (including phenoxy) is 1. The number of hydrogen-bond acceptors (Lipinski definition) is 6. The second-order valence-corrected chi connectivity index (χ2v) is 7.72. The van der Waals surface area contributed by atoms with Crippen LogP contribution in [0.3, 0.4) is 0 Å². The number of methoxy groups -OCH3 is 1. The van der Waals surface area contributed by atoms with E-state index in [1.807, 2.05) is 44.2 Å². The monoisotopic (exact) mass is 427 g/mol. The molecule has 0 saturated carbocycles. The van der Waals surface area contributed by atoms with Gasteiger partial charge in [-0.3, -0.25) is 14.9 Å². The normalized spacial score (nSPS) is 12.8. The maximum absolute atomic E-state index is 13.1. The maximum atomic E-state index is 13.1. The zero-order chi connectivity index (χ0) is 22.8. The molecule has 2 aromatic rings. The molecular weight excluding hydrogens is 398 g/mol. The van der Waals surface area contributed by atoms with Crippen LogP contribution >= 0.6 is 0 Å². The fourth-order valence-corrected chi connectivity index (χ4v) is 3.28. The molecule has 2 atom stereocenters. The second-order valence-electron chi connectivity index (χ2n) is 7.72. The summed E-state index contributed by atoms with van der Waals surface area (Å²) in [4.78, 5) is 36.1. The summed E-state index contributed by atoms with van der Waals surface area (Å²) in [6.45, 7) is 4.04. The van der Waals surface area contributed by atoms with Gasteiger partial charge < -0.3 is 15.4 Å². The molecule has 2 aromatic carbocycles. The van der Waals surface area contributed by atoms with Gasteiger partial charge in [-0.05, 0) is 24.3 Å². The molecule has 0 spiro atoms. The maximum Gasteiger partial charge on any atom is 0.328 e. The lowest BCUT2D eigenvalue weighted by atomic mass is 10.0. The quantitative estimate of drug-likeness (QED) is 0.324. The molecule has 0 aromatic heterocycles. The number of nitrogens with one attached hydrogen (secondary N) is 2. The molecule has 2 rings (SSSR count). The van der Waals surface area contributed by atoms with E-state index in [1.165, 1.54) is 13.2 Å². The van der Waals surface area contributed by atoms with Gasteiger partial charge in [-0.15, -0.1) is 0 Å². The lowest BCUT2D eigenvalue weighted by Gasteiger charge is -2.23. The lowest BCUT2D eigenvalue weighted by Crippen LogP contribution is -2.51. The lowest BCUT2D eigenvalue weighted by molar-refractivity contribution is -0.385. The Morgan fingerprint density at radius 2 is 1.68 bits per heavy atom. The predicted molar refractivity (Wildman–Crippen MR) is 117 cm³/mol. The molecule has 0 heterocycles. The molecule has 1 amide bonds. The van der Waals surface area contributed by atoms with Crippen LogP contribution in [-0.4, -0.2) is 36.0 Å². The minimum absolute atomic E-state index is 0.0129. The molecule has 8 nitrogen and oxygen atoms in total. The molecule has 0 bridgehead atoms. The average molecular weight is 428 g/mol. The molecule has 0 unspecified atom stereocenters. The van der Waals surface area contributed by atoms with E-state index in [0.29, 0.717) is 18.4 Å². The first-order valence-electron chi connectivity index (χ1n) is 10.2. The van der Waals surface area contributed by atoms with Crippen molar-refractivity contribution in [3.8, 4) is 0 Å². The van der Waals surface area contributed by atoms with Crippen LogP contribution in [-0.2, 0) is 27.3 Å². The van der Waals surface area contributed by atoms with Gasteiger partial charge in [0.2, 0.25) is 5.91 Å². The number of nitrogens with zero attached hydrogens (tertiary/aromatic N) is 1. The Hall–Kier alpha value is -3.26. The number of hydrogen-bond donors (Lipinski definition) is 2. The first-order valence-corrected chi connectivity index (χ1v) is 10.2. The van der Waals surface area contributed by atoms with E-state index in [4.69, 9.17) is 4.74 Å². The SMILES string of the molecule is COC(=O)[C@H](CC(C)C)NC(=O)[C@H](Cc1ccccc1)NCc1ccccc1[N+](=O)[O-]. The number of esters is 1. The molecule has 0 aliphatic carbocycles. The van der Waals surface area contributed by atoms with Gasteiger partial charge in [0, 0.05) is 18.2 Å². The molecule has 166 valence electrons. The Labute approximate surface area is 182 Å². The number of carbonyl (C=O) groups is 2. The minimum Gasteiger partial charge on any atom is -0.467 e. The Morgan fingerprint density at radius 1 is 1.03 bits per heavy atom. The topological polar surface area (TPSA) is 111 Å². The fraction of sp³-hybridized carbons (Fsp3) is 0.391. The van der Waals surface area contributed by atoms with Gasteiger partial charge in [0.25, 0.3) is 5.69 Å². The summed E-state index contributed by atoms with van der Waals surface area (Å²) in [5, 5.41) is 17.2. The van der Waals surface area contributed by atoms with Crippen molar-refractivity contribution in [2.24, 2.45) is 5.92 Å². The average Bonchev–Trinajstić information content (AvgIpc) is 2.76. The highest BCUT2D eigenvalue weighted by Gasteiger charge is 2.27. The molecule has 0 saturated heterocycles. The van der Waals surface area contributed by atoms with Crippen LogP contribution in [0.15, 0.2) is 54.6 Å². The summed E-state index contributed by atoms with van der Waals surface area (Å²) >= 11 is 0. The highest BCUT2D eigenvalue weighted by Crippen LogP contribution is 2.18. The summed E-state index contributed by atoms with van der Waals surface area (Å²) in [7, 11) is 1.29. The number of nitro benzene ring substituents is 1. The van der Waals surface area contributed by atoms with E-state index < -0.39 is 23.0 Å². The third kappa shape index (κ3) is 7.49. The zero-order valence-electron chi connectivity index (χ0n) is 18.0. The van der Waals surface area contributed by atoms with Crippen molar-refractivity contribution < 1.29 is 19.2 Å². The van der Waals surface area contributed by atoms with Crippen molar-refractivity contribution in [3.63, 3.8) is 0 Å². The van der Waals surface area contributed by atoms with Crippen LogP contribution in [0.5, 0.6) is 0 Å². The van der Waals surface area contributed by atoms with Gasteiger partial charge in [0.15, 0.2) is 0 Å². The summed E-state index contributed by atoms with van der Waals surface area (Å²) in [6, 6.07) is 14.4. The Balaban J connectivity index is 2.20. The van der Waals surface area contributed by atoms with Crippen molar-refractivity contribution in [1.29, 1.82) is 0 Å². The van der Waals surface area contributed by atoms with Crippen LogP contribution in [0.1, 0.15) is 31.4 Å². The number of benzene rings is 2. The number of carbonyl (C=O) groups excluding carboxylic acids is 2. The van der Waals surface area contributed by atoms with Crippen molar-refractivity contribution in [3.05, 3.63) is 75.8 Å². The molecule has 0 radical (unpaired) electrons.